The Morgan fingerprint density at radius 1 is 1.56 bits per heavy atom. The Hall–Kier alpha value is -0.420. The molecule has 0 bridgehead atoms. The highest BCUT2D eigenvalue weighted by Crippen LogP contribution is 2.19. The van der Waals surface area contributed by atoms with E-state index in [-0.39, 0.29) is 0 Å². The second-order valence-electron chi connectivity index (χ2n) is 3.99. The summed E-state index contributed by atoms with van der Waals surface area (Å²) in [5.74, 6) is 0. The zero-order valence-electron chi connectivity index (χ0n) is 10.1. The van der Waals surface area contributed by atoms with Gasteiger partial charge in [-0.3, -0.25) is 0 Å². The lowest BCUT2D eigenvalue weighted by molar-refractivity contribution is 0.157. The molecule has 0 aliphatic carbocycles. The number of hydrogen-bond acceptors (Lipinski definition) is 4. The van der Waals surface area contributed by atoms with Crippen LogP contribution in [0.2, 0.25) is 0 Å². The van der Waals surface area contributed by atoms with Gasteiger partial charge in [0.1, 0.15) is 0 Å². The number of nitrogens with one attached hydrogen (secondary N) is 1. The third-order valence-electron chi connectivity index (χ3n) is 2.58. The molecule has 0 fully saturated rings. The first kappa shape index (κ1) is 13.6. The summed E-state index contributed by atoms with van der Waals surface area (Å²) < 4.78 is 5.22. The molecule has 0 saturated heterocycles. The molecule has 1 aromatic rings. The van der Waals surface area contributed by atoms with Crippen molar-refractivity contribution in [2.75, 3.05) is 20.3 Å². The summed E-state index contributed by atoms with van der Waals surface area (Å²) in [6, 6.07) is 5.03. The van der Waals surface area contributed by atoms with E-state index in [2.05, 4.69) is 29.8 Å². The fraction of sp³-hybridized carbons (Fsp3) is 0.667. The molecule has 0 aliphatic rings. The fourth-order valence-electron chi connectivity index (χ4n) is 1.75. The molecule has 0 aliphatic heterocycles. The number of nitrogens with two attached hydrogens (primary N) is 1. The number of ether oxygens (including phenoxy) is 1. The van der Waals surface area contributed by atoms with Crippen LogP contribution in [-0.2, 0) is 4.74 Å². The minimum atomic E-state index is 0.387. The van der Waals surface area contributed by atoms with Crippen LogP contribution in [0.3, 0.4) is 0 Å². The normalized spacial score (nSPS) is 14.9. The molecule has 16 heavy (non-hydrogen) atoms. The predicted octanol–water partition coefficient (Wildman–Crippen LogP) is 2.15. The van der Waals surface area contributed by atoms with Crippen molar-refractivity contribution >= 4 is 11.3 Å². The molecule has 92 valence electrons. The topological polar surface area (TPSA) is 47.3 Å². The van der Waals surface area contributed by atoms with Crippen LogP contribution in [0.4, 0.5) is 0 Å². The van der Waals surface area contributed by atoms with Crippen molar-refractivity contribution in [1.82, 2.24) is 5.32 Å². The van der Waals surface area contributed by atoms with Gasteiger partial charge in [-0.2, -0.15) is 0 Å². The van der Waals surface area contributed by atoms with E-state index in [1.54, 1.807) is 18.4 Å². The Morgan fingerprint density at radius 2 is 2.38 bits per heavy atom. The summed E-state index contributed by atoms with van der Waals surface area (Å²) >= 11 is 1.79. The van der Waals surface area contributed by atoms with Gasteiger partial charge < -0.3 is 15.8 Å². The molecule has 1 rings (SSSR count). The van der Waals surface area contributed by atoms with Crippen molar-refractivity contribution in [1.29, 1.82) is 0 Å². The van der Waals surface area contributed by atoms with Crippen molar-refractivity contribution in [2.45, 2.75) is 31.8 Å². The van der Waals surface area contributed by atoms with Gasteiger partial charge in [0.05, 0.1) is 6.61 Å². The van der Waals surface area contributed by atoms with E-state index >= 15 is 0 Å². The Labute approximate surface area is 102 Å². The Morgan fingerprint density at radius 3 is 2.94 bits per heavy atom. The second-order valence-corrected chi connectivity index (χ2v) is 4.97. The number of hydrogen-bond donors (Lipinski definition) is 2. The van der Waals surface area contributed by atoms with E-state index in [9.17, 15) is 0 Å². The average Bonchev–Trinajstić information content (AvgIpc) is 2.79. The summed E-state index contributed by atoms with van der Waals surface area (Å²) in [5, 5.41) is 5.69. The molecule has 0 aromatic carbocycles. The highest BCUT2D eigenvalue weighted by atomic mass is 32.1. The van der Waals surface area contributed by atoms with Crippen LogP contribution in [-0.4, -0.2) is 26.3 Å². The zero-order valence-corrected chi connectivity index (χ0v) is 10.9. The second kappa shape index (κ2) is 7.79. The number of rotatable bonds is 8. The summed E-state index contributed by atoms with van der Waals surface area (Å²) in [4.78, 5) is 1.37. The Balaban J connectivity index is 2.40. The first-order valence-electron chi connectivity index (χ1n) is 5.76. The van der Waals surface area contributed by atoms with Gasteiger partial charge in [-0.1, -0.05) is 6.07 Å². The van der Waals surface area contributed by atoms with Crippen LogP contribution >= 0.6 is 11.3 Å². The highest BCUT2D eigenvalue weighted by molar-refractivity contribution is 7.10. The van der Waals surface area contributed by atoms with Gasteiger partial charge in [0.15, 0.2) is 0 Å². The van der Waals surface area contributed by atoms with Crippen molar-refractivity contribution in [3.63, 3.8) is 0 Å². The molecule has 0 amide bonds. The molecule has 1 aromatic heterocycles. The third kappa shape index (κ3) is 4.61. The van der Waals surface area contributed by atoms with E-state index in [0.717, 1.165) is 26.0 Å². The minimum absolute atomic E-state index is 0.387. The molecule has 1 heterocycles. The van der Waals surface area contributed by atoms with Crippen LogP contribution in [0.5, 0.6) is 0 Å². The van der Waals surface area contributed by atoms with E-state index in [0.29, 0.717) is 12.1 Å². The molecule has 2 unspecified atom stereocenters. The summed E-state index contributed by atoms with van der Waals surface area (Å²) in [6.45, 7) is 3.68. The van der Waals surface area contributed by atoms with E-state index in [4.69, 9.17) is 10.5 Å². The molecule has 4 heteroatoms. The van der Waals surface area contributed by atoms with Crippen LogP contribution in [0.25, 0.3) is 0 Å². The van der Waals surface area contributed by atoms with Gasteiger partial charge in [-0.25, -0.2) is 0 Å². The summed E-state index contributed by atoms with van der Waals surface area (Å²) in [6.07, 6.45) is 2.11. The zero-order chi connectivity index (χ0) is 11.8. The Kier molecular flexibility index (Phi) is 6.64. The quantitative estimate of drug-likeness (QED) is 0.734. The number of thiophene rings is 1. The standard InChI is InChI=1S/C12H22N2OS/c1-10(12-6-4-8-16-12)14-11(9-15-2)5-3-7-13/h4,6,8,10-11,14H,3,5,7,9,13H2,1-2H3. The van der Waals surface area contributed by atoms with E-state index in [1.807, 2.05) is 0 Å². The molecule has 0 spiro atoms. The smallest absolute Gasteiger partial charge is 0.0616 e. The van der Waals surface area contributed by atoms with Crippen LogP contribution < -0.4 is 11.1 Å². The maximum Gasteiger partial charge on any atom is 0.0616 e. The van der Waals surface area contributed by atoms with E-state index in [1.165, 1.54) is 4.88 Å². The van der Waals surface area contributed by atoms with Gasteiger partial charge in [-0.05, 0) is 37.8 Å². The Bertz CT molecular complexity index is 264. The monoisotopic (exact) mass is 242 g/mol. The third-order valence-corrected chi connectivity index (χ3v) is 3.64. The van der Waals surface area contributed by atoms with Crippen molar-refractivity contribution in [3.8, 4) is 0 Å². The predicted molar refractivity (Wildman–Crippen MR) is 69.8 cm³/mol. The van der Waals surface area contributed by atoms with Crippen LogP contribution in [0, 0.1) is 0 Å². The van der Waals surface area contributed by atoms with Gasteiger partial charge in [0.2, 0.25) is 0 Å². The lowest BCUT2D eigenvalue weighted by Crippen LogP contribution is -2.35. The van der Waals surface area contributed by atoms with Gasteiger partial charge in [-0.15, -0.1) is 11.3 Å². The maximum absolute atomic E-state index is 5.53. The van der Waals surface area contributed by atoms with Crippen molar-refractivity contribution < 1.29 is 4.74 Å². The molecule has 2 atom stereocenters. The number of methoxy groups -OCH3 is 1. The maximum atomic E-state index is 5.53. The molecular weight excluding hydrogens is 220 g/mol. The molecular formula is C12H22N2OS. The van der Waals surface area contributed by atoms with Crippen molar-refractivity contribution in [3.05, 3.63) is 22.4 Å². The first-order valence-corrected chi connectivity index (χ1v) is 6.64. The fourth-order valence-corrected chi connectivity index (χ4v) is 2.50. The summed E-state index contributed by atoms with van der Waals surface area (Å²) in [7, 11) is 1.74. The van der Waals surface area contributed by atoms with Gasteiger partial charge >= 0.3 is 0 Å². The average molecular weight is 242 g/mol. The summed E-state index contributed by atoms with van der Waals surface area (Å²) in [5.41, 5.74) is 5.53. The molecule has 0 radical (unpaired) electrons. The molecule has 0 saturated carbocycles. The lowest BCUT2D eigenvalue weighted by atomic mass is 10.1. The van der Waals surface area contributed by atoms with Crippen molar-refractivity contribution in [2.24, 2.45) is 5.73 Å². The highest BCUT2D eigenvalue weighted by Gasteiger charge is 2.13. The molecule has 3 N–H and O–H groups in total. The minimum Gasteiger partial charge on any atom is -0.383 e. The van der Waals surface area contributed by atoms with Crippen LogP contribution in [0.1, 0.15) is 30.7 Å². The van der Waals surface area contributed by atoms with E-state index < -0.39 is 0 Å². The van der Waals surface area contributed by atoms with Gasteiger partial charge in [0, 0.05) is 24.1 Å². The van der Waals surface area contributed by atoms with Gasteiger partial charge in [0.25, 0.3) is 0 Å². The molecule has 3 nitrogen and oxygen atoms in total. The largest absolute Gasteiger partial charge is 0.383 e. The lowest BCUT2D eigenvalue weighted by Gasteiger charge is -2.22. The SMILES string of the molecule is COCC(CCCN)NC(C)c1cccs1. The first-order chi connectivity index (χ1) is 7.77. The van der Waals surface area contributed by atoms with Crippen LogP contribution in [0.15, 0.2) is 17.5 Å².